The zero-order chi connectivity index (χ0) is 14.5. The van der Waals surface area contributed by atoms with E-state index in [9.17, 15) is 5.11 Å². The van der Waals surface area contributed by atoms with Gasteiger partial charge in [0.2, 0.25) is 0 Å². The summed E-state index contributed by atoms with van der Waals surface area (Å²) in [5.74, 6) is 0. The molecule has 1 saturated heterocycles. The lowest BCUT2D eigenvalue weighted by Crippen LogP contribution is -2.59. The molecule has 2 atom stereocenters. The van der Waals surface area contributed by atoms with Crippen molar-refractivity contribution in [3.63, 3.8) is 0 Å². The van der Waals surface area contributed by atoms with E-state index < -0.39 is 0 Å². The zero-order valence-electron chi connectivity index (χ0n) is 13.3. The molecule has 0 aromatic rings. The first-order valence-corrected chi connectivity index (χ1v) is 7.55. The second-order valence-electron chi connectivity index (χ2n) is 6.76. The molecule has 19 heavy (non-hydrogen) atoms. The van der Waals surface area contributed by atoms with Crippen LogP contribution in [-0.4, -0.2) is 60.0 Å². The fraction of sp³-hybridized carbons (Fsp3) is 1.00. The molecule has 2 N–H and O–H groups in total. The third kappa shape index (κ3) is 4.71. The van der Waals surface area contributed by atoms with Gasteiger partial charge in [-0.05, 0) is 47.1 Å². The molecular weight excluding hydrogens is 240 g/mol. The monoisotopic (exact) mass is 272 g/mol. The smallest absolute Gasteiger partial charge is 0.0645 e. The van der Waals surface area contributed by atoms with Gasteiger partial charge in [0, 0.05) is 23.7 Å². The summed E-state index contributed by atoms with van der Waals surface area (Å²) in [4.78, 5) is 2.51. The highest BCUT2D eigenvalue weighted by Crippen LogP contribution is 2.26. The van der Waals surface area contributed by atoms with Gasteiger partial charge in [0.15, 0.2) is 0 Å². The molecule has 114 valence electrons. The van der Waals surface area contributed by atoms with Crippen LogP contribution in [0.4, 0.5) is 0 Å². The van der Waals surface area contributed by atoms with Crippen LogP contribution in [0.1, 0.15) is 47.5 Å². The number of hydrogen-bond donors (Lipinski definition) is 2. The van der Waals surface area contributed by atoms with Crippen molar-refractivity contribution in [2.75, 3.05) is 32.9 Å². The van der Waals surface area contributed by atoms with Crippen molar-refractivity contribution in [3.8, 4) is 0 Å². The van der Waals surface area contributed by atoms with E-state index >= 15 is 0 Å². The molecule has 0 radical (unpaired) electrons. The lowest BCUT2D eigenvalue weighted by molar-refractivity contribution is -0.0749. The van der Waals surface area contributed by atoms with E-state index in [1.807, 2.05) is 0 Å². The molecule has 0 aromatic heterocycles. The van der Waals surface area contributed by atoms with Crippen molar-refractivity contribution >= 4 is 0 Å². The highest BCUT2D eigenvalue weighted by atomic mass is 16.5. The second kappa shape index (κ2) is 7.02. The summed E-state index contributed by atoms with van der Waals surface area (Å²) in [7, 11) is 0. The number of nitrogens with one attached hydrogen (secondary N) is 1. The van der Waals surface area contributed by atoms with Gasteiger partial charge in [0.1, 0.15) is 0 Å². The van der Waals surface area contributed by atoms with E-state index in [0.29, 0.717) is 6.04 Å². The van der Waals surface area contributed by atoms with Crippen LogP contribution in [-0.2, 0) is 4.74 Å². The Hall–Kier alpha value is -0.160. The molecule has 0 amide bonds. The lowest BCUT2D eigenvalue weighted by atomic mass is 9.90. The van der Waals surface area contributed by atoms with Crippen molar-refractivity contribution in [2.24, 2.45) is 0 Å². The minimum atomic E-state index is -0.191. The third-order valence-corrected chi connectivity index (χ3v) is 4.14. The summed E-state index contributed by atoms with van der Waals surface area (Å²) in [6.45, 7) is 14.7. The first kappa shape index (κ1) is 16.9. The van der Waals surface area contributed by atoms with Crippen LogP contribution in [0.5, 0.6) is 0 Å². The molecule has 4 heteroatoms. The predicted molar refractivity (Wildman–Crippen MR) is 79.5 cm³/mol. The molecule has 1 aliphatic rings. The van der Waals surface area contributed by atoms with E-state index in [0.717, 1.165) is 39.1 Å². The third-order valence-electron chi connectivity index (χ3n) is 4.14. The predicted octanol–water partition coefficient (Wildman–Crippen LogP) is 1.63. The molecule has 0 aliphatic carbocycles. The molecular formula is C15H32N2O2. The Balaban J connectivity index is 2.62. The van der Waals surface area contributed by atoms with Crippen molar-refractivity contribution in [2.45, 2.75) is 64.6 Å². The van der Waals surface area contributed by atoms with Gasteiger partial charge in [-0.25, -0.2) is 0 Å². The second-order valence-corrected chi connectivity index (χ2v) is 6.76. The number of morpholine rings is 1. The molecule has 1 rings (SSSR count). The summed E-state index contributed by atoms with van der Waals surface area (Å²) in [5, 5.41) is 13.2. The van der Waals surface area contributed by atoms with Crippen molar-refractivity contribution < 1.29 is 9.84 Å². The number of aliphatic hydroxyl groups excluding tert-OH is 1. The van der Waals surface area contributed by atoms with Gasteiger partial charge < -0.3 is 15.2 Å². The molecule has 1 aliphatic heterocycles. The molecule has 1 fully saturated rings. The maximum atomic E-state index is 9.68. The number of rotatable bonds is 7. The Labute approximate surface area is 118 Å². The van der Waals surface area contributed by atoms with Gasteiger partial charge in [-0.2, -0.15) is 0 Å². The van der Waals surface area contributed by atoms with Crippen molar-refractivity contribution in [3.05, 3.63) is 0 Å². The van der Waals surface area contributed by atoms with Crippen LogP contribution in [0, 0.1) is 0 Å². The van der Waals surface area contributed by atoms with Crippen LogP contribution in [0.15, 0.2) is 0 Å². The lowest BCUT2D eigenvalue weighted by Gasteiger charge is -2.47. The van der Waals surface area contributed by atoms with Gasteiger partial charge >= 0.3 is 0 Å². The van der Waals surface area contributed by atoms with Crippen LogP contribution >= 0.6 is 0 Å². The fourth-order valence-electron chi connectivity index (χ4n) is 3.07. The summed E-state index contributed by atoms with van der Waals surface area (Å²) >= 11 is 0. The number of hydrogen-bond acceptors (Lipinski definition) is 4. The zero-order valence-corrected chi connectivity index (χ0v) is 13.3. The Kier molecular flexibility index (Phi) is 6.24. The quantitative estimate of drug-likeness (QED) is 0.739. The molecule has 0 bridgehead atoms. The average molecular weight is 272 g/mol. The largest absolute Gasteiger partial charge is 0.394 e. The summed E-state index contributed by atoms with van der Waals surface area (Å²) in [6, 6.07) is 0.431. The summed E-state index contributed by atoms with van der Waals surface area (Å²) < 4.78 is 5.58. The Morgan fingerprint density at radius 3 is 2.68 bits per heavy atom. The van der Waals surface area contributed by atoms with E-state index in [4.69, 9.17) is 4.74 Å². The van der Waals surface area contributed by atoms with Gasteiger partial charge in [-0.3, -0.25) is 4.90 Å². The standard InChI is InChI=1S/C15H32N2O2/c1-6-7-16-15(5,11-18)10-13(2)17-8-9-19-12-14(17,3)4/h13,16,18H,6-12H2,1-5H3. The maximum absolute atomic E-state index is 9.68. The van der Waals surface area contributed by atoms with E-state index in [1.165, 1.54) is 0 Å². The average Bonchev–Trinajstić information content (AvgIpc) is 2.35. The van der Waals surface area contributed by atoms with Crippen molar-refractivity contribution in [1.29, 1.82) is 0 Å². The number of aliphatic hydroxyl groups is 1. The first-order chi connectivity index (χ1) is 8.84. The van der Waals surface area contributed by atoms with Gasteiger partial charge in [0.25, 0.3) is 0 Å². The van der Waals surface area contributed by atoms with Crippen LogP contribution in [0.2, 0.25) is 0 Å². The topological polar surface area (TPSA) is 44.7 Å². The van der Waals surface area contributed by atoms with Crippen LogP contribution in [0.3, 0.4) is 0 Å². The Bertz CT molecular complexity index is 271. The number of ether oxygens (including phenoxy) is 1. The minimum Gasteiger partial charge on any atom is -0.394 e. The van der Waals surface area contributed by atoms with Gasteiger partial charge in [0.05, 0.1) is 19.8 Å². The fourth-order valence-corrected chi connectivity index (χ4v) is 3.07. The molecule has 0 aromatic carbocycles. The highest BCUT2D eigenvalue weighted by Gasteiger charge is 2.36. The summed E-state index contributed by atoms with van der Waals surface area (Å²) in [6.07, 6.45) is 2.04. The van der Waals surface area contributed by atoms with E-state index in [1.54, 1.807) is 0 Å². The molecule has 4 nitrogen and oxygen atoms in total. The molecule has 1 heterocycles. The summed E-state index contributed by atoms with van der Waals surface area (Å²) in [5.41, 5.74) is -0.109. The molecule has 0 saturated carbocycles. The molecule has 0 spiro atoms. The Morgan fingerprint density at radius 1 is 1.47 bits per heavy atom. The van der Waals surface area contributed by atoms with E-state index in [2.05, 4.69) is 44.8 Å². The first-order valence-electron chi connectivity index (χ1n) is 7.55. The van der Waals surface area contributed by atoms with Crippen LogP contribution in [0.25, 0.3) is 0 Å². The highest BCUT2D eigenvalue weighted by molar-refractivity contribution is 4.93. The minimum absolute atomic E-state index is 0.0821. The van der Waals surface area contributed by atoms with E-state index in [-0.39, 0.29) is 17.7 Å². The maximum Gasteiger partial charge on any atom is 0.0645 e. The van der Waals surface area contributed by atoms with Gasteiger partial charge in [-0.15, -0.1) is 0 Å². The van der Waals surface area contributed by atoms with Gasteiger partial charge in [-0.1, -0.05) is 6.92 Å². The SMILES string of the molecule is CCCNC(C)(CO)CC(C)N1CCOCC1(C)C. The van der Waals surface area contributed by atoms with Crippen LogP contribution < -0.4 is 5.32 Å². The number of nitrogens with zero attached hydrogens (tertiary/aromatic N) is 1. The normalized spacial score (nSPS) is 24.9. The molecule has 2 unspecified atom stereocenters. The van der Waals surface area contributed by atoms with Crippen molar-refractivity contribution in [1.82, 2.24) is 10.2 Å². The Morgan fingerprint density at radius 2 is 2.16 bits per heavy atom.